The normalized spacial score (nSPS) is 21.9. The van der Waals surface area contributed by atoms with Crippen LogP contribution >= 0.6 is 36.2 Å². The van der Waals surface area contributed by atoms with Gasteiger partial charge in [0.15, 0.2) is 0 Å². The lowest BCUT2D eigenvalue weighted by molar-refractivity contribution is -0.127. The van der Waals surface area contributed by atoms with E-state index in [0.29, 0.717) is 6.54 Å². The Balaban J connectivity index is 0.00000162. The fourth-order valence-electron chi connectivity index (χ4n) is 2.11. The van der Waals surface area contributed by atoms with Gasteiger partial charge < -0.3 is 10.6 Å². The number of carbonyl (C=O) groups excluding carboxylic acids is 1. The summed E-state index contributed by atoms with van der Waals surface area (Å²) < 4.78 is 0. The molecule has 0 aliphatic carbocycles. The van der Waals surface area contributed by atoms with Crippen LogP contribution in [0.4, 0.5) is 0 Å². The molecule has 1 aliphatic heterocycles. The molecule has 0 aromatic carbocycles. The summed E-state index contributed by atoms with van der Waals surface area (Å²) in [6.07, 6.45) is 4.03. The minimum absolute atomic E-state index is 0. The number of carbonyl (C=O) groups is 1. The molecule has 2 heterocycles. The molecule has 19 heavy (non-hydrogen) atoms. The van der Waals surface area contributed by atoms with Crippen LogP contribution in [0.3, 0.4) is 0 Å². The van der Waals surface area contributed by atoms with Crippen molar-refractivity contribution in [2.45, 2.75) is 38.1 Å². The molecule has 1 amide bonds. The predicted molar refractivity (Wildman–Crippen MR) is 83.6 cm³/mol. The van der Waals surface area contributed by atoms with Gasteiger partial charge in [-0.1, -0.05) is 0 Å². The van der Waals surface area contributed by atoms with Crippen molar-refractivity contribution in [1.82, 2.24) is 15.6 Å². The van der Waals surface area contributed by atoms with Crippen molar-refractivity contribution >= 4 is 42.1 Å². The Kier molecular flexibility index (Phi) is 8.57. The van der Waals surface area contributed by atoms with Crippen molar-refractivity contribution in [2.24, 2.45) is 0 Å². The number of nitrogens with zero attached hydrogens (tertiary/aromatic N) is 1. The number of amides is 1. The number of aromatic nitrogens is 1. The summed E-state index contributed by atoms with van der Waals surface area (Å²) in [5.74, 6) is 0.118. The fraction of sp³-hybridized carbons (Fsp3) is 0.667. The van der Waals surface area contributed by atoms with Crippen molar-refractivity contribution in [3.63, 3.8) is 0 Å². The van der Waals surface area contributed by atoms with Crippen LogP contribution in [0.2, 0.25) is 0 Å². The molecule has 1 fully saturated rings. The van der Waals surface area contributed by atoms with Gasteiger partial charge in [0.2, 0.25) is 5.91 Å². The number of rotatable bonds is 4. The van der Waals surface area contributed by atoms with Gasteiger partial charge in [-0.15, -0.1) is 36.2 Å². The van der Waals surface area contributed by atoms with E-state index >= 15 is 0 Å². The van der Waals surface area contributed by atoms with Gasteiger partial charge in [0.25, 0.3) is 0 Å². The van der Waals surface area contributed by atoms with Crippen LogP contribution in [-0.4, -0.2) is 29.5 Å². The van der Waals surface area contributed by atoms with Crippen molar-refractivity contribution in [1.29, 1.82) is 0 Å². The topological polar surface area (TPSA) is 54.0 Å². The molecule has 1 aliphatic rings. The van der Waals surface area contributed by atoms with Gasteiger partial charge in [-0.05, 0) is 32.7 Å². The first kappa shape index (κ1) is 18.6. The van der Waals surface area contributed by atoms with Crippen LogP contribution in [0.15, 0.2) is 10.9 Å². The predicted octanol–water partition coefficient (Wildman–Crippen LogP) is 2.18. The van der Waals surface area contributed by atoms with E-state index in [0.717, 1.165) is 31.5 Å². The third kappa shape index (κ3) is 5.26. The van der Waals surface area contributed by atoms with E-state index in [1.807, 2.05) is 17.8 Å². The molecule has 1 atom stereocenters. The zero-order valence-electron chi connectivity index (χ0n) is 11.0. The maximum atomic E-state index is 12.1. The van der Waals surface area contributed by atoms with Crippen LogP contribution in [0.1, 0.15) is 31.9 Å². The number of hydrogen-bond acceptors (Lipinski definition) is 4. The molecule has 1 saturated heterocycles. The van der Waals surface area contributed by atoms with Crippen molar-refractivity contribution in [2.75, 3.05) is 13.1 Å². The zero-order chi connectivity index (χ0) is 12.1. The Morgan fingerprint density at radius 3 is 2.89 bits per heavy atom. The van der Waals surface area contributed by atoms with Gasteiger partial charge in [-0.3, -0.25) is 4.79 Å². The number of nitrogens with one attached hydrogen (secondary N) is 2. The second-order valence-electron chi connectivity index (χ2n) is 4.70. The Bertz CT molecular complexity index is 367. The highest BCUT2D eigenvalue weighted by Crippen LogP contribution is 2.18. The standard InChI is InChI=1S/C12H19N3OS.2ClH/c1-12(5-2-3-6-15-12)11(16)13-7-4-10-8-17-9-14-10;;/h8-9,15H,2-7H2,1H3,(H,13,16);2*1H. The molecule has 1 aromatic heterocycles. The quantitative estimate of drug-likeness (QED) is 0.892. The van der Waals surface area contributed by atoms with Crippen molar-refractivity contribution < 1.29 is 4.79 Å². The minimum Gasteiger partial charge on any atom is -0.354 e. The first-order chi connectivity index (χ1) is 8.21. The van der Waals surface area contributed by atoms with Gasteiger partial charge in [0.1, 0.15) is 0 Å². The van der Waals surface area contributed by atoms with Crippen molar-refractivity contribution in [3.05, 3.63) is 16.6 Å². The van der Waals surface area contributed by atoms with Crippen LogP contribution < -0.4 is 10.6 Å². The van der Waals surface area contributed by atoms with E-state index in [9.17, 15) is 4.79 Å². The van der Waals surface area contributed by atoms with Gasteiger partial charge in [-0.2, -0.15) is 0 Å². The second-order valence-corrected chi connectivity index (χ2v) is 5.42. The molecule has 0 radical (unpaired) electrons. The number of halogens is 2. The summed E-state index contributed by atoms with van der Waals surface area (Å²) in [7, 11) is 0. The van der Waals surface area contributed by atoms with Crippen molar-refractivity contribution in [3.8, 4) is 0 Å². The third-order valence-electron chi connectivity index (χ3n) is 3.27. The Morgan fingerprint density at radius 2 is 2.32 bits per heavy atom. The average molecular weight is 326 g/mol. The highest BCUT2D eigenvalue weighted by molar-refractivity contribution is 7.07. The van der Waals surface area contributed by atoms with E-state index in [1.54, 1.807) is 11.3 Å². The summed E-state index contributed by atoms with van der Waals surface area (Å²) in [5.41, 5.74) is 2.50. The third-order valence-corrected chi connectivity index (χ3v) is 3.91. The lowest BCUT2D eigenvalue weighted by Crippen LogP contribution is -2.57. The van der Waals surface area contributed by atoms with E-state index < -0.39 is 0 Å². The van der Waals surface area contributed by atoms with Gasteiger partial charge >= 0.3 is 0 Å². The fourth-order valence-corrected chi connectivity index (χ4v) is 2.70. The van der Waals surface area contributed by atoms with Gasteiger partial charge in [-0.25, -0.2) is 4.98 Å². The molecular weight excluding hydrogens is 305 g/mol. The monoisotopic (exact) mass is 325 g/mol. The molecule has 4 nitrogen and oxygen atoms in total. The molecule has 0 saturated carbocycles. The number of hydrogen-bond donors (Lipinski definition) is 2. The average Bonchev–Trinajstić information content (AvgIpc) is 2.83. The molecule has 110 valence electrons. The number of piperidine rings is 1. The van der Waals surface area contributed by atoms with Gasteiger partial charge in [0.05, 0.1) is 16.7 Å². The Labute approximate surface area is 130 Å². The Hall–Kier alpha value is -0.360. The maximum absolute atomic E-state index is 12.1. The summed E-state index contributed by atoms with van der Waals surface area (Å²) in [6.45, 7) is 3.60. The Morgan fingerprint density at radius 1 is 1.53 bits per heavy atom. The summed E-state index contributed by atoms with van der Waals surface area (Å²) >= 11 is 1.59. The molecule has 2 rings (SSSR count). The van der Waals surface area contributed by atoms with E-state index in [2.05, 4.69) is 15.6 Å². The van der Waals surface area contributed by atoms with Crippen LogP contribution in [0.25, 0.3) is 0 Å². The highest BCUT2D eigenvalue weighted by atomic mass is 35.5. The summed E-state index contributed by atoms with van der Waals surface area (Å²) in [4.78, 5) is 16.3. The molecule has 7 heteroatoms. The van der Waals surface area contributed by atoms with Gasteiger partial charge in [0, 0.05) is 18.3 Å². The van der Waals surface area contributed by atoms with E-state index in [1.165, 1.54) is 6.42 Å². The summed E-state index contributed by atoms with van der Waals surface area (Å²) in [5, 5.41) is 8.33. The highest BCUT2D eigenvalue weighted by Gasteiger charge is 2.33. The van der Waals surface area contributed by atoms with E-state index in [4.69, 9.17) is 0 Å². The van der Waals surface area contributed by atoms with Crippen LogP contribution in [0.5, 0.6) is 0 Å². The minimum atomic E-state index is -0.375. The molecule has 0 bridgehead atoms. The van der Waals surface area contributed by atoms with Crippen LogP contribution in [0, 0.1) is 0 Å². The zero-order valence-corrected chi connectivity index (χ0v) is 13.4. The first-order valence-electron chi connectivity index (χ1n) is 6.11. The molecule has 1 unspecified atom stereocenters. The van der Waals surface area contributed by atoms with Crippen LogP contribution in [-0.2, 0) is 11.2 Å². The van der Waals surface area contributed by atoms with E-state index in [-0.39, 0.29) is 36.3 Å². The number of thiazole rings is 1. The maximum Gasteiger partial charge on any atom is 0.240 e. The molecule has 0 spiro atoms. The first-order valence-corrected chi connectivity index (χ1v) is 7.05. The molecule has 2 N–H and O–H groups in total. The lowest BCUT2D eigenvalue weighted by atomic mass is 9.90. The summed E-state index contributed by atoms with van der Waals surface area (Å²) in [6, 6.07) is 0. The molecule has 1 aromatic rings. The second kappa shape index (κ2) is 8.74. The lowest BCUT2D eigenvalue weighted by Gasteiger charge is -2.33. The SMILES string of the molecule is CC1(C(=O)NCCc2cscn2)CCCCN1.Cl.Cl. The largest absolute Gasteiger partial charge is 0.354 e. The molecular formula is C12H21Cl2N3OS. The smallest absolute Gasteiger partial charge is 0.240 e.